The van der Waals surface area contributed by atoms with Gasteiger partial charge in [-0.1, -0.05) is 19.1 Å². The highest BCUT2D eigenvalue weighted by Crippen LogP contribution is 2.46. The maximum absolute atomic E-state index is 13.2. The van der Waals surface area contributed by atoms with Gasteiger partial charge in [-0.2, -0.15) is 0 Å². The van der Waals surface area contributed by atoms with Crippen molar-refractivity contribution in [3.05, 3.63) is 28.5 Å². The minimum atomic E-state index is -0.791. The number of amides is 1. The fourth-order valence-corrected chi connectivity index (χ4v) is 3.07. The number of carbonyl (C=O) groups is 1. The normalized spacial score (nSPS) is 25.5. The van der Waals surface area contributed by atoms with Gasteiger partial charge in [-0.05, 0) is 52.9 Å². The van der Waals surface area contributed by atoms with Crippen LogP contribution in [0.5, 0.6) is 0 Å². The second-order valence-corrected chi connectivity index (χ2v) is 6.33. The van der Waals surface area contributed by atoms with Crippen LogP contribution in [0.1, 0.15) is 19.8 Å². The zero-order valence-electron chi connectivity index (χ0n) is 10.4. The number of nitrogens with two attached hydrogens (primary N) is 1. The van der Waals surface area contributed by atoms with Gasteiger partial charge < -0.3 is 11.1 Å². The molecule has 2 rings (SSSR count). The van der Waals surface area contributed by atoms with Gasteiger partial charge in [0.2, 0.25) is 5.91 Å². The van der Waals surface area contributed by atoms with E-state index in [0.717, 1.165) is 0 Å². The van der Waals surface area contributed by atoms with E-state index >= 15 is 0 Å². The monoisotopic (exact) mass is 344 g/mol. The van der Waals surface area contributed by atoms with Gasteiger partial charge in [-0.15, -0.1) is 0 Å². The number of hydrogen-bond donors (Lipinski definition) is 2. The quantitative estimate of drug-likeness (QED) is 0.827. The van der Waals surface area contributed by atoms with Crippen molar-refractivity contribution in [1.82, 2.24) is 0 Å². The molecule has 0 unspecified atom stereocenters. The topological polar surface area (TPSA) is 55.1 Å². The first-order chi connectivity index (χ1) is 8.85. The van der Waals surface area contributed by atoms with E-state index in [2.05, 4.69) is 21.2 Å². The summed E-state index contributed by atoms with van der Waals surface area (Å²) in [6.07, 6.45) is 1.28. The molecule has 3 nitrogen and oxygen atoms in total. The van der Waals surface area contributed by atoms with Crippen LogP contribution in [0.15, 0.2) is 22.7 Å². The van der Waals surface area contributed by atoms with Crippen LogP contribution in [0.25, 0.3) is 0 Å². The highest BCUT2D eigenvalue weighted by atomic mass is 79.9. The summed E-state index contributed by atoms with van der Waals surface area (Å²) >= 11 is 8.29. The van der Waals surface area contributed by atoms with Crippen molar-refractivity contribution in [3.63, 3.8) is 0 Å². The second kappa shape index (κ2) is 5.17. The maximum atomic E-state index is 13.2. The zero-order valence-corrected chi connectivity index (χ0v) is 12.8. The highest BCUT2D eigenvalue weighted by molar-refractivity contribution is 9.10. The zero-order chi connectivity index (χ0) is 14.2. The molecule has 0 aliphatic heterocycles. The molecule has 0 saturated heterocycles. The van der Waals surface area contributed by atoms with Crippen molar-refractivity contribution in [2.45, 2.75) is 19.8 Å². The first kappa shape index (κ1) is 14.4. The van der Waals surface area contributed by atoms with Crippen LogP contribution in [0, 0.1) is 17.2 Å². The van der Waals surface area contributed by atoms with Crippen LogP contribution in [0.3, 0.4) is 0 Å². The molecular weight excluding hydrogens is 331 g/mol. The van der Waals surface area contributed by atoms with Crippen LogP contribution in [-0.2, 0) is 4.79 Å². The maximum Gasteiger partial charge on any atom is 0.237 e. The molecule has 0 heterocycles. The van der Waals surface area contributed by atoms with Crippen molar-refractivity contribution < 1.29 is 9.18 Å². The molecule has 1 aliphatic carbocycles. The van der Waals surface area contributed by atoms with Gasteiger partial charge in [0, 0.05) is 4.47 Å². The Balaban J connectivity index is 2.21. The summed E-state index contributed by atoms with van der Waals surface area (Å²) in [5.74, 6) is -0.252. The van der Waals surface area contributed by atoms with E-state index in [-0.39, 0.29) is 10.9 Å². The third-order valence-electron chi connectivity index (χ3n) is 3.48. The van der Waals surface area contributed by atoms with Crippen LogP contribution in [0.2, 0.25) is 0 Å². The lowest BCUT2D eigenvalue weighted by molar-refractivity contribution is -0.127. The molecule has 0 aromatic heterocycles. The number of rotatable bonds is 3. The molecule has 1 aliphatic rings. The third-order valence-corrected chi connectivity index (χ3v) is 4.56. The number of anilines is 1. The molecule has 1 aromatic rings. The van der Waals surface area contributed by atoms with Crippen LogP contribution in [0.4, 0.5) is 10.1 Å². The van der Waals surface area contributed by atoms with Crippen LogP contribution in [-0.4, -0.2) is 10.9 Å². The SMILES string of the molecule is CC1CC(C(=O)Nc2cc(F)ccc2Br)(C(N)=S)C1. The Bertz CT molecular complexity index is 543. The van der Waals surface area contributed by atoms with Gasteiger partial charge in [-0.25, -0.2) is 4.39 Å². The summed E-state index contributed by atoms with van der Waals surface area (Å²) in [6, 6.07) is 4.12. The minimum absolute atomic E-state index is 0.204. The molecule has 0 spiro atoms. The molecule has 0 atom stereocenters. The van der Waals surface area contributed by atoms with Gasteiger partial charge in [0.15, 0.2) is 0 Å². The molecule has 3 N–H and O–H groups in total. The molecule has 1 fully saturated rings. The van der Waals surface area contributed by atoms with Gasteiger partial charge in [-0.3, -0.25) is 4.79 Å². The first-order valence-electron chi connectivity index (χ1n) is 5.91. The van der Waals surface area contributed by atoms with Crippen LogP contribution < -0.4 is 11.1 Å². The summed E-state index contributed by atoms with van der Waals surface area (Å²) in [5, 5.41) is 2.70. The Kier molecular flexibility index (Phi) is 3.92. The average molecular weight is 345 g/mol. The lowest BCUT2D eigenvalue weighted by Crippen LogP contribution is -2.53. The lowest BCUT2D eigenvalue weighted by Gasteiger charge is -2.44. The van der Waals surface area contributed by atoms with Crippen molar-refractivity contribution in [2.24, 2.45) is 17.1 Å². The lowest BCUT2D eigenvalue weighted by atomic mass is 9.62. The number of nitrogens with one attached hydrogen (secondary N) is 1. The molecule has 1 saturated carbocycles. The van der Waals surface area contributed by atoms with Gasteiger partial charge >= 0.3 is 0 Å². The van der Waals surface area contributed by atoms with E-state index in [9.17, 15) is 9.18 Å². The van der Waals surface area contributed by atoms with E-state index in [1.54, 1.807) is 6.07 Å². The summed E-state index contributed by atoms with van der Waals surface area (Å²) in [5.41, 5.74) is 5.30. The Hall–Kier alpha value is -1.01. The van der Waals surface area contributed by atoms with Gasteiger partial charge in [0.1, 0.15) is 5.82 Å². The smallest absolute Gasteiger partial charge is 0.237 e. The summed E-state index contributed by atoms with van der Waals surface area (Å²) in [4.78, 5) is 12.5. The Labute approximate surface area is 124 Å². The van der Waals surface area contributed by atoms with Gasteiger partial charge in [0.25, 0.3) is 0 Å². The summed E-state index contributed by atoms with van der Waals surface area (Å²) < 4.78 is 13.8. The fourth-order valence-electron chi connectivity index (χ4n) is 2.46. The third kappa shape index (κ3) is 2.65. The number of halogens is 2. The van der Waals surface area contributed by atoms with E-state index in [1.165, 1.54) is 12.1 Å². The van der Waals surface area contributed by atoms with E-state index in [0.29, 0.717) is 28.9 Å². The predicted molar refractivity (Wildman–Crippen MR) is 80.3 cm³/mol. The number of benzene rings is 1. The van der Waals surface area contributed by atoms with Crippen LogP contribution >= 0.6 is 28.1 Å². The molecule has 0 radical (unpaired) electrons. The van der Waals surface area contributed by atoms with Crippen molar-refractivity contribution >= 4 is 44.7 Å². The summed E-state index contributed by atoms with van der Waals surface area (Å²) in [6.45, 7) is 2.04. The summed E-state index contributed by atoms with van der Waals surface area (Å²) in [7, 11) is 0. The molecule has 0 bridgehead atoms. The first-order valence-corrected chi connectivity index (χ1v) is 7.12. The Morgan fingerprint density at radius 2 is 2.21 bits per heavy atom. The molecule has 19 heavy (non-hydrogen) atoms. The van der Waals surface area contributed by atoms with Crippen molar-refractivity contribution in [1.29, 1.82) is 0 Å². The predicted octanol–water partition coefficient (Wildman–Crippen LogP) is 3.23. The average Bonchev–Trinajstić information content (AvgIpc) is 2.28. The highest BCUT2D eigenvalue weighted by Gasteiger charge is 2.50. The molecule has 6 heteroatoms. The number of thiocarbonyl (C=S) groups is 1. The number of hydrogen-bond acceptors (Lipinski definition) is 2. The minimum Gasteiger partial charge on any atom is -0.392 e. The number of carbonyl (C=O) groups excluding carboxylic acids is 1. The largest absolute Gasteiger partial charge is 0.392 e. The van der Waals surface area contributed by atoms with Crippen molar-refractivity contribution in [3.8, 4) is 0 Å². The van der Waals surface area contributed by atoms with Crippen molar-refractivity contribution in [2.75, 3.05) is 5.32 Å². The van der Waals surface area contributed by atoms with E-state index < -0.39 is 11.2 Å². The Morgan fingerprint density at radius 1 is 1.58 bits per heavy atom. The molecule has 1 aromatic carbocycles. The fraction of sp³-hybridized carbons (Fsp3) is 0.385. The molecule has 1 amide bonds. The standard InChI is InChI=1S/C13H14BrFN2OS/c1-7-5-13(6-7,11(16)19)12(18)17-10-4-8(15)2-3-9(10)14/h2-4,7H,5-6H2,1H3,(H2,16,19)(H,17,18). The van der Waals surface area contributed by atoms with E-state index in [1.807, 2.05) is 6.92 Å². The van der Waals surface area contributed by atoms with Gasteiger partial charge in [0.05, 0.1) is 16.1 Å². The Morgan fingerprint density at radius 3 is 2.74 bits per heavy atom. The molecular formula is C13H14BrFN2OS. The van der Waals surface area contributed by atoms with E-state index in [4.69, 9.17) is 18.0 Å². The molecule has 102 valence electrons. The second-order valence-electron chi connectivity index (χ2n) is 5.04.